The molecule has 0 fully saturated rings. The Bertz CT molecular complexity index is 1100. The van der Waals surface area contributed by atoms with Crippen LogP contribution in [-0.2, 0) is 0 Å². The molecule has 0 aliphatic heterocycles. The van der Waals surface area contributed by atoms with E-state index in [1.54, 1.807) is 28.9 Å². The van der Waals surface area contributed by atoms with Crippen molar-refractivity contribution in [3.63, 3.8) is 0 Å². The smallest absolute Gasteiger partial charge is 0.274 e. The van der Waals surface area contributed by atoms with Gasteiger partial charge >= 0.3 is 0 Å². The van der Waals surface area contributed by atoms with E-state index in [-0.39, 0.29) is 5.91 Å². The van der Waals surface area contributed by atoms with Gasteiger partial charge < -0.3 is 5.32 Å². The molecule has 4 rings (SSSR count). The third-order valence-corrected chi connectivity index (χ3v) is 4.57. The quantitative estimate of drug-likeness (QED) is 0.444. The van der Waals surface area contributed by atoms with Gasteiger partial charge in [-0.15, -0.1) is 0 Å². The summed E-state index contributed by atoms with van der Waals surface area (Å²) in [6, 6.07) is 25.9. The molecule has 0 saturated heterocycles. The highest BCUT2D eigenvalue weighted by atomic mass is 35.5. The summed E-state index contributed by atoms with van der Waals surface area (Å²) in [5, 5.41) is 8.40. The summed E-state index contributed by atoms with van der Waals surface area (Å²) < 4.78 is 1.63. The van der Waals surface area contributed by atoms with Gasteiger partial charge in [0, 0.05) is 21.3 Å². The van der Waals surface area contributed by atoms with Crippen LogP contribution in [-0.4, -0.2) is 15.7 Å². The second kappa shape index (κ2) is 7.89. The Balaban J connectivity index is 1.76. The van der Waals surface area contributed by atoms with E-state index in [2.05, 4.69) is 10.4 Å². The molecule has 0 radical (unpaired) electrons. The number of hydrogen-bond acceptors (Lipinski definition) is 2. The van der Waals surface area contributed by atoms with E-state index >= 15 is 0 Å². The third kappa shape index (κ3) is 3.93. The Labute approximate surface area is 172 Å². The van der Waals surface area contributed by atoms with Gasteiger partial charge in [-0.05, 0) is 36.4 Å². The Morgan fingerprint density at radius 3 is 2.07 bits per heavy atom. The zero-order valence-corrected chi connectivity index (χ0v) is 16.2. The number of nitrogens with zero attached hydrogens (tertiary/aromatic N) is 2. The lowest BCUT2D eigenvalue weighted by atomic mass is 10.1. The lowest BCUT2D eigenvalue weighted by Gasteiger charge is -2.09. The van der Waals surface area contributed by atoms with Gasteiger partial charge in [-0.2, -0.15) is 5.10 Å². The van der Waals surface area contributed by atoms with E-state index < -0.39 is 0 Å². The van der Waals surface area contributed by atoms with Crippen LogP contribution in [0.25, 0.3) is 16.9 Å². The highest BCUT2D eigenvalue weighted by Gasteiger charge is 2.18. The van der Waals surface area contributed by atoms with Crippen LogP contribution in [0.1, 0.15) is 10.5 Å². The van der Waals surface area contributed by atoms with Crippen LogP contribution in [0, 0.1) is 0 Å². The van der Waals surface area contributed by atoms with Gasteiger partial charge in [-0.1, -0.05) is 71.7 Å². The van der Waals surface area contributed by atoms with Crippen molar-refractivity contribution in [2.75, 3.05) is 5.32 Å². The second-order valence-corrected chi connectivity index (χ2v) is 7.01. The summed E-state index contributed by atoms with van der Waals surface area (Å²) in [5.41, 5.74) is 3.35. The van der Waals surface area contributed by atoms with Crippen molar-refractivity contribution in [3.8, 4) is 16.9 Å². The number of benzene rings is 3. The maximum Gasteiger partial charge on any atom is 0.274 e. The van der Waals surface area contributed by atoms with E-state index in [1.165, 1.54) is 0 Å². The van der Waals surface area contributed by atoms with Crippen molar-refractivity contribution in [2.24, 2.45) is 0 Å². The van der Waals surface area contributed by atoms with E-state index in [9.17, 15) is 4.79 Å². The van der Waals surface area contributed by atoms with E-state index in [4.69, 9.17) is 23.2 Å². The first kappa shape index (κ1) is 18.3. The average molecular weight is 408 g/mol. The minimum absolute atomic E-state index is 0.308. The summed E-state index contributed by atoms with van der Waals surface area (Å²) in [4.78, 5) is 13.0. The molecule has 1 N–H and O–H groups in total. The van der Waals surface area contributed by atoms with Gasteiger partial charge in [0.15, 0.2) is 0 Å². The summed E-state index contributed by atoms with van der Waals surface area (Å²) in [7, 11) is 0. The van der Waals surface area contributed by atoms with Crippen molar-refractivity contribution >= 4 is 34.8 Å². The van der Waals surface area contributed by atoms with E-state index in [0.717, 1.165) is 11.3 Å². The number of aromatic nitrogens is 2. The average Bonchev–Trinajstić information content (AvgIpc) is 3.14. The first-order valence-corrected chi connectivity index (χ1v) is 9.34. The molecule has 0 spiro atoms. The fourth-order valence-electron chi connectivity index (χ4n) is 2.88. The Morgan fingerprint density at radius 2 is 1.43 bits per heavy atom. The third-order valence-electron chi connectivity index (χ3n) is 4.13. The van der Waals surface area contributed by atoms with Crippen LogP contribution >= 0.6 is 23.2 Å². The molecule has 138 valence electrons. The van der Waals surface area contributed by atoms with Gasteiger partial charge in [0.05, 0.1) is 11.4 Å². The van der Waals surface area contributed by atoms with Crippen molar-refractivity contribution in [1.29, 1.82) is 0 Å². The van der Waals surface area contributed by atoms with Gasteiger partial charge in [-0.25, -0.2) is 4.68 Å². The maximum atomic E-state index is 13.0. The molecule has 0 bridgehead atoms. The molecule has 0 unspecified atom stereocenters. The zero-order valence-electron chi connectivity index (χ0n) is 14.6. The fraction of sp³-hybridized carbons (Fsp3) is 0. The molecule has 0 aliphatic carbocycles. The number of hydrogen-bond donors (Lipinski definition) is 1. The molecule has 1 aromatic heterocycles. The van der Waals surface area contributed by atoms with Crippen LogP contribution < -0.4 is 5.32 Å². The molecular formula is C22H15Cl2N3O. The predicted molar refractivity (Wildman–Crippen MR) is 113 cm³/mol. The maximum absolute atomic E-state index is 13.0. The number of amides is 1. The van der Waals surface area contributed by atoms with Gasteiger partial charge in [0.1, 0.15) is 5.69 Å². The normalized spacial score (nSPS) is 10.6. The SMILES string of the molecule is O=C(Nc1cc(Cl)cc(Cl)c1)c1cc(-c2ccccc2)nn1-c1ccccc1. The van der Waals surface area contributed by atoms with Gasteiger partial charge in [-0.3, -0.25) is 4.79 Å². The van der Waals surface area contributed by atoms with Gasteiger partial charge in [0.2, 0.25) is 0 Å². The lowest BCUT2D eigenvalue weighted by molar-refractivity contribution is 0.101. The van der Waals surface area contributed by atoms with Crippen LogP contribution in [0.15, 0.2) is 84.9 Å². The molecule has 1 amide bonds. The van der Waals surface area contributed by atoms with Crippen molar-refractivity contribution in [1.82, 2.24) is 9.78 Å². The minimum atomic E-state index is -0.308. The molecule has 6 heteroatoms. The highest BCUT2D eigenvalue weighted by Crippen LogP contribution is 2.25. The zero-order chi connectivity index (χ0) is 19.5. The number of carbonyl (C=O) groups is 1. The lowest BCUT2D eigenvalue weighted by Crippen LogP contribution is -2.17. The van der Waals surface area contributed by atoms with E-state index in [0.29, 0.717) is 27.1 Å². The monoisotopic (exact) mass is 407 g/mol. The van der Waals surface area contributed by atoms with E-state index in [1.807, 2.05) is 60.7 Å². The number of anilines is 1. The Morgan fingerprint density at radius 1 is 0.821 bits per heavy atom. The highest BCUT2D eigenvalue weighted by molar-refractivity contribution is 6.35. The molecule has 3 aromatic carbocycles. The first-order chi connectivity index (χ1) is 13.6. The predicted octanol–water partition coefficient (Wildman–Crippen LogP) is 6.10. The molecule has 0 aliphatic rings. The largest absolute Gasteiger partial charge is 0.321 e. The first-order valence-electron chi connectivity index (χ1n) is 8.58. The van der Waals surface area contributed by atoms with Crippen LogP contribution in [0.4, 0.5) is 5.69 Å². The van der Waals surface area contributed by atoms with Crippen LogP contribution in [0.2, 0.25) is 10.0 Å². The number of carbonyl (C=O) groups excluding carboxylic acids is 1. The van der Waals surface area contributed by atoms with Gasteiger partial charge in [0.25, 0.3) is 5.91 Å². The number of rotatable bonds is 4. The number of nitrogens with one attached hydrogen (secondary N) is 1. The van der Waals surface area contributed by atoms with Crippen LogP contribution in [0.5, 0.6) is 0 Å². The minimum Gasteiger partial charge on any atom is -0.321 e. The topological polar surface area (TPSA) is 46.9 Å². The van der Waals surface area contributed by atoms with Crippen LogP contribution in [0.3, 0.4) is 0 Å². The summed E-state index contributed by atoms with van der Waals surface area (Å²) in [6.07, 6.45) is 0. The molecule has 1 heterocycles. The molecule has 0 saturated carbocycles. The van der Waals surface area contributed by atoms with Crippen molar-refractivity contribution in [3.05, 3.63) is 101 Å². The Kier molecular flexibility index (Phi) is 5.15. The summed E-state index contributed by atoms with van der Waals surface area (Å²) in [5.74, 6) is -0.308. The molecule has 4 aromatic rings. The molecular weight excluding hydrogens is 393 g/mol. The molecule has 28 heavy (non-hydrogen) atoms. The van der Waals surface area contributed by atoms with Crippen molar-refractivity contribution < 1.29 is 4.79 Å². The fourth-order valence-corrected chi connectivity index (χ4v) is 3.41. The molecule has 4 nitrogen and oxygen atoms in total. The van der Waals surface area contributed by atoms with Crippen molar-refractivity contribution in [2.45, 2.75) is 0 Å². The standard InChI is InChI=1S/C22H15Cl2N3O/c23-16-11-17(24)13-18(12-16)25-22(28)21-14-20(15-7-3-1-4-8-15)26-27(21)19-9-5-2-6-10-19/h1-14H,(H,25,28). The summed E-state index contributed by atoms with van der Waals surface area (Å²) in [6.45, 7) is 0. The Hall–Kier alpha value is -3.08. The number of para-hydroxylation sites is 1. The number of halogens is 2. The molecule has 0 atom stereocenters. The summed E-state index contributed by atoms with van der Waals surface area (Å²) >= 11 is 12.1. The second-order valence-electron chi connectivity index (χ2n) is 6.14.